The van der Waals surface area contributed by atoms with Gasteiger partial charge < -0.3 is 5.32 Å². The fraction of sp³-hybridized carbons (Fsp3) is 0.308. The van der Waals surface area contributed by atoms with Gasteiger partial charge in [-0.15, -0.1) is 0 Å². The molecule has 0 saturated heterocycles. The van der Waals surface area contributed by atoms with Gasteiger partial charge in [-0.2, -0.15) is 5.26 Å². The maximum atomic E-state index is 12.0. The van der Waals surface area contributed by atoms with Crippen molar-refractivity contribution in [2.24, 2.45) is 4.99 Å². The highest BCUT2D eigenvalue weighted by atomic mass is 32.2. The number of carbonyl (C=O) groups excluding carboxylic acids is 1. The molecule has 0 saturated carbocycles. The molecule has 1 aliphatic heterocycles. The Kier molecular flexibility index (Phi) is 4.88. The number of carbonyl (C=O) groups is 1. The van der Waals surface area contributed by atoms with Crippen molar-refractivity contribution in [2.45, 2.75) is 12.2 Å². The molecule has 1 N–H and O–H groups in total. The van der Waals surface area contributed by atoms with Crippen molar-refractivity contribution in [1.29, 1.82) is 5.26 Å². The molecule has 6 heteroatoms. The lowest BCUT2D eigenvalue weighted by molar-refractivity contribution is -0.115. The second-order valence-corrected chi connectivity index (χ2v) is 6.61. The highest BCUT2D eigenvalue weighted by Crippen LogP contribution is 2.26. The molecule has 1 heterocycles. The summed E-state index contributed by atoms with van der Waals surface area (Å²) in [6.45, 7) is 2.71. The first-order valence-electron chi connectivity index (χ1n) is 5.84. The van der Waals surface area contributed by atoms with E-state index in [0.29, 0.717) is 11.3 Å². The largest absolute Gasteiger partial charge is 0.325 e. The average Bonchev–Trinajstić information content (AvgIpc) is 2.92. The van der Waals surface area contributed by atoms with Gasteiger partial charge in [0.25, 0.3) is 0 Å². The number of hydrogen-bond donors (Lipinski definition) is 1. The zero-order chi connectivity index (χ0) is 13.7. The van der Waals surface area contributed by atoms with Crippen LogP contribution in [0.2, 0.25) is 0 Å². The summed E-state index contributed by atoms with van der Waals surface area (Å²) in [5, 5.41) is 11.4. The van der Waals surface area contributed by atoms with E-state index >= 15 is 0 Å². The molecule has 0 bridgehead atoms. The second kappa shape index (κ2) is 6.64. The van der Waals surface area contributed by atoms with E-state index in [0.717, 1.165) is 16.7 Å². The Hall–Kier alpha value is -1.45. The average molecular weight is 291 g/mol. The maximum Gasteiger partial charge on any atom is 0.237 e. The number of nitriles is 1. The van der Waals surface area contributed by atoms with Crippen molar-refractivity contribution < 1.29 is 4.79 Å². The van der Waals surface area contributed by atoms with Crippen LogP contribution >= 0.6 is 23.5 Å². The lowest BCUT2D eigenvalue weighted by Gasteiger charge is -2.11. The summed E-state index contributed by atoms with van der Waals surface area (Å²) in [5.74, 6) is 0.955. The van der Waals surface area contributed by atoms with Gasteiger partial charge in [-0.25, -0.2) is 0 Å². The van der Waals surface area contributed by atoms with Crippen LogP contribution in [0.4, 0.5) is 5.69 Å². The third-order valence-electron chi connectivity index (χ3n) is 2.49. The quantitative estimate of drug-likeness (QED) is 0.930. The SMILES string of the molecule is CC(SC1=NCCS1)C(=O)Nc1ccc(C#N)cc1. The van der Waals surface area contributed by atoms with Gasteiger partial charge in [-0.3, -0.25) is 9.79 Å². The molecule has 1 aliphatic rings. The first-order chi connectivity index (χ1) is 9.19. The van der Waals surface area contributed by atoms with Crippen molar-refractivity contribution in [3.05, 3.63) is 29.8 Å². The van der Waals surface area contributed by atoms with Crippen LogP contribution in [0.15, 0.2) is 29.3 Å². The van der Waals surface area contributed by atoms with Gasteiger partial charge in [0.15, 0.2) is 0 Å². The number of amides is 1. The molecule has 0 fully saturated rings. The fourth-order valence-electron chi connectivity index (χ4n) is 1.46. The van der Waals surface area contributed by atoms with Gasteiger partial charge in [0.2, 0.25) is 5.91 Å². The zero-order valence-corrected chi connectivity index (χ0v) is 12.1. The van der Waals surface area contributed by atoms with Crippen LogP contribution in [0.1, 0.15) is 12.5 Å². The smallest absolute Gasteiger partial charge is 0.237 e. The van der Waals surface area contributed by atoms with Gasteiger partial charge in [0.05, 0.1) is 23.4 Å². The van der Waals surface area contributed by atoms with Crippen molar-refractivity contribution >= 4 is 39.5 Å². The third-order valence-corrected chi connectivity index (χ3v) is 4.79. The summed E-state index contributed by atoms with van der Waals surface area (Å²) in [4.78, 5) is 16.3. The van der Waals surface area contributed by atoms with Crippen LogP contribution in [0.25, 0.3) is 0 Å². The zero-order valence-electron chi connectivity index (χ0n) is 10.4. The van der Waals surface area contributed by atoms with Gasteiger partial charge in [-0.05, 0) is 31.2 Å². The van der Waals surface area contributed by atoms with E-state index in [1.165, 1.54) is 11.8 Å². The first-order valence-corrected chi connectivity index (χ1v) is 7.70. The van der Waals surface area contributed by atoms with E-state index in [4.69, 9.17) is 5.26 Å². The molecule has 2 rings (SSSR count). The predicted octanol–water partition coefficient (Wildman–Crippen LogP) is 2.72. The number of benzene rings is 1. The third kappa shape index (κ3) is 4.01. The van der Waals surface area contributed by atoms with E-state index in [1.807, 2.05) is 13.0 Å². The minimum atomic E-state index is -0.181. The molecule has 1 aromatic rings. The van der Waals surface area contributed by atoms with E-state index < -0.39 is 0 Å². The van der Waals surface area contributed by atoms with Crippen LogP contribution in [0.5, 0.6) is 0 Å². The van der Waals surface area contributed by atoms with Gasteiger partial charge in [0, 0.05) is 11.4 Å². The molecule has 1 aromatic carbocycles. The predicted molar refractivity (Wildman–Crippen MR) is 81.6 cm³/mol. The molecular weight excluding hydrogens is 278 g/mol. The number of hydrogen-bond acceptors (Lipinski definition) is 5. The topological polar surface area (TPSA) is 65.2 Å². The van der Waals surface area contributed by atoms with Gasteiger partial charge in [-0.1, -0.05) is 23.5 Å². The summed E-state index contributed by atoms with van der Waals surface area (Å²) in [6.07, 6.45) is 0. The van der Waals surface area contributed by atoms with Crippen molar-refractivity contribution in [1.82, 2.24) is 0 Å². The molecule has 1 atom stereocenters. The lowest BCUT2D eigenvalue weighted by atomic mass is 10.2. The van der Waals surface area contributed by atoms with Gasteiger partial charge >= 0.3 is 0 Å². The molecule has 0 radical (unpaired) electrons. The molecule has 98 valence electrons. The number of aliphatic imine (C=N–C) groups is 1. The Labute approximate surface area is 120 Å². The highest BCUT2D eigenvalue weighted by molar-refractivity contribution is 8.39. The van der Waals surface area contributed by atoms with Gasteiger partial charge in [0.1, 0.15) is 4.38 Å². The molecule has 19 heavy (non-hydrogen) atoms. The highest BCUT2D eigenvalue weighted by Gasteiger charge is 2.18. The minimum Gasteiger partial charge on any atom is -0.325 e. The Balaban J connectivity index is 1.90. The maximum absolute atomic E-state index is 12.0. The van der Waals surface area contributed by atoms with Crippen LogP contribution < -0.4 is 5.32 Å². The standard InChI is InChI=1S/C13H13N3OS2/c1-9(19-13-15-6-7-18-13)12(17)16-11-4-2-10(8-14)3-5-11/h2-5,9H,6-7H2,1H3,(H,16,17). The van der Waals surface area contributed by atoms with E-state index in [9.17, 15) is 4.79 Å². The number of nitrogens with one attached hydrogen (secondary N) is 1. The molecule has 0 aromatic heterocycles. The van der Waals surface area contributed by atoms with E-state index in [1.54, 1.807) is 36.0 Å². The van der Waals surface area contributed by atoms with Crippen molar-refractivity contribution in [3.63, 3.8) is 0 Å². The Morgan fingerprint density at radius 1 is 1.53 bits per heavy atom. The Morgan fingerprint density at radius 3 is 2.84 bits per heavy atom. The first kappa shape index (κ1) is 14.0. The summed E-state index contributed by atoms with van der Waals surface area (Å²) >= 11 is 3.19. The molecular formula is C13H13N3OS2. The Morgan fingerprint density at radius 2 is 2.26 bits per heavy atom. The summed E-state index contributed by atoms with van der Waals surface area (Å²) in [6, 6.07) is 8.88. The van der Waals surface area contributed by atoms with E-state index in [-0.39, 0.29) is 11.2 Å². The fourth-order valence-corrected chi connectivity index (χ4v) is 3.59. The summed E-state index contributed by atoms with van der Waals surface area (Å²) < 4.78 is 0.988. The Bertz CT molecular complexity index is 534. The molecule has 1 unspecified atom stereocenters. The van der Waals surface area contributed by atoms with Crippen LogP contribution in [-0.4, -0.2) is 27.8 Å². The number of anilines is 1. The minimum absolute atomic E-state index is 0.0510. The number of rotatable bonds is 3. The normalized spacial score (nSPS) is 15.5. The van der Waals surface area contributed by atoms with E-state index in [2.05, 4.69) is 10.3 Å². The van der Waals surface area contributed by atoms with Crippen LogP contribution in [0, 0.1) is 11.3 Å². The monoisotopic (exact) mass is 291 g/mol. The lowest BCUT2D eigenvalue weighted by Crippen LogP contribution is -2.23. The number of thioether (sulfide) groups is 2. The number of nitrogens with zero attached hydrogens (tertiary/aromatic N) is 2. The van der Waals surface area contributed by atoms with Crippen LogP contribution in [0.3, 0.4) is 0 Å². The second-order valence-electron chi connectivity index (χ2n) is 3.93. The molecule has 0 aliphatic carbocycles. The summed E-state index contributed by atoms with van der Waals surface area (Å²) in [7, 11) is 0. The van der Waals surface area contributed by atoms with Crippen molar-refractivity contribution in [2.75, 3.05) is 17.6 Å². The van der Waals surface area contributed by atoms with Crippen molar-refractivity contribution in [3.8, 4) is 6.07 Å². The molecule has 0 spiro atoms. The molecule has 4 nitrogen and oxygen atoms in total. The molecule has 1 amide bonds. The van der Waals surface area contributed by atoms with Crippen LogP contribution in [-0.2, 0) is 4.79 Å². The summed E-state index contributed by atoms with van der Waals surface area (Å²) in [5.41, 5.74) is 1.29.